The van der Waals surface area contributed by atoms with Gasteiger partial charge in [-0.3, -0.25) is 0 Å². The second-order valence-electron chi connectivity index (χ2n) is 0.0816. The molecule has 0 amide bonds. The van der Waals surface area contributed by atoms with E-state index in [0.717, 1.165) is 0 Å². The predicted octanol–water partition coefficient (Wildman–Crippen LogP) is -2.93. The van der Waals surface area contributed by atoms with Crippen molar-refractivity contribution in [1.82, 2.24) is 0 Å². The van der Waals surface area contributed by atoms with Crippen LogP contribution in [0.1, 0.15) is 1.43 Å². The van der Waals surface area contributed by atoms with Gasteiger partial charge in [-0.05, 0) is 0 Å². The number of rotatable bonds is 0. The fourth-order valence-corrected chi connectivity index (χ4v) is 0. The molecule has 0 aliphatic rings. The Kier molecular flexibility index (Phi) is 20.1. The summed E-state index contributed by atoms with van der Waals surface area (Å²) in [6, 6.07) is 0. The molecule has 0 aromatic rings. The van der Waals surface area contributed by atoms with Crippen LogP contribution in [0.15, 0.2) is 0 Å². The Morgan fingerprint density at radius 1 is 1.50 bits per heavy atom. The standard InChI is InChI=1S/K.H2O3.H/c;1-3-2;/h;1-2H;/q+1;;-1. The van der Waals surface area contributed by atoms with Crippen molar-refractivity contribution in [2.24, 2.45) is 0 Å². The van der Waals surface area contributed by atoms with Crippen molar-refractivity contribution in [3.8, 4) is 0 Å². The first-order chi connectivity index (χ1) is 1.41. The SMILES string of the molecule is OOO.[H-].[K+]. The van der Waals surface area contributed by atoms with E-state index >= 15 is 0 Å². The Morgan fingerprint density at radius 2 is 1.50 bits per heavy atom. The van der Waals surface area contributed by atoms with Crippen molar-refractivity contribution in [1.29, 1.82) is 0 Å². The van der Waals surface area contributed by atoms with E-state index < -0.39 is 0 Å². The van der Waals surface area contributed by atoms with E-state index in [1.807, 2.05) is 0 Å². The molecule has 0 spiro atoms. The Morgan fingerprint density at radius 3 is 1.50 bits per heavy atom. The van der Waals surface area contributed by atoms with Gasteiger partial charge in [-0.25, -0.2) is 10.5 Å². The molecule has 4 heavy (non-hydrogen) atoms. The molecule has 0 fully saturated rings. The quantitative estimate of drug-likeness (QED) is 0.190. The van der Waals surface area contributed by atoms with E-state index in [4.69, 9.17) is 10.5 Å². The molecule has 3 nitrogen and oxygen atoms in total. The van der Waals surface area contributed by atoms with Gasteiger partial charge >= 0.3 is 51.4 Å². The minimum absolute atomic E-state index is 0. The minimum Gasteiger partial charge on any atom is -1.00 e. The first-order valence-electron chi connectivity index (χ1n) is 0.365. The van der Waals surface area contributed by atoms with E-state index in [0.29, 0.717) is 0 Å². The molecular formula is H3KO3. The average molecular weight is 90.1 g/mol. The Balaban J connectivity index is -0.0000000200. The smallest absolute Gasteiger partial charge is 1.00 e. The molecule has 0 saturated heterocycles. The molecule has 2 N–H and O–H groups in total. The van der Waals surface area contributed by atoms with Gasteiger partial charge in [0, 0.05) is 0 Å². The maximum atomic E-state index is 6.62. The van der Waals surface area contributed by atoms with Crippen LogP contribution in [0.4, 0.5) is 0 Å². The van der Waals surface area contributed by atoms with Crippen molar-refractivity contribution >= 4 is 0 Å². The van der Waals surface area contributed by atoms with E-state index in [1.54, 1.807) is 0 Å². The van der Waals surface area contributed by atoms with Gasteiger partial charge in [0.2, 0.25) is 0 Å². The molecule has 0 aliphatic heterocycles. The predicted molar refractivity (Wildman–Crippen MR) is 7.45 cm³/mol. The zero-order chi connectivity index (χ0) is 2.71. The van der Waals surface area contributed by atoms with Crippen LogP contribution in [-0.4, -0.2) is 10.5 Å². The van der Waals surface area contributed by atoms with Gasteiger partial charge in [-0.2, -0.15) is 0 Å². The molecule has 0 aliphatic carbocycles. The van der Waals surface area contributed by atoms with Crippen LogP contribution >= 0.6 is 0 Å². The van der Waals surface area contributed by atoms with Gasteiger partial charge in [-0.1, -0.05) is 5.04 Å². The molecule has 0 heterocycles. The summed E-state index contributed by atoms with van der Waals surface area (Å²) in [5.74, 6) is 0. The minimum atomic E-state index is 0. The molecule has 22 valence electrons. The molecule has 0 bridgehead atoms. The maximum Gasteiger partial charge on any atom is 1.00 e. The molecular weight excluding hydrogens is 87.1 g/mol. The molecule has 0 atom stereocenters. The topological polar surface area (TPSA) is 49.7 Å². The molecule has 0 aromatic heterocycles. The summed E-state index contributed by atoms with van der Waals surface area (Å²) in [4.78, 5) is 0. The molecule has 4 heteroatoms. The molecule has 0 radical (unpaired) electrons. The summed E-state index contributed by atoms with van der Waals surface area (Å²) in [6.07, 6.45) is 0. The van der Waals surface area contributed by atoms with Crippen LogP contribution < -0.4 is 51.4 Å². The molecule has 0 unspecified atom stereocenters. The van der Waals surface area contributed by atoms with Crippen LogP contribution in [-0.2, 0) is 5.04 Å². The van der Waals surface area contributed by atoms with E-state index in [2.05, 4.69) is 5.04 Å². The van der Waals surface area contributed by atoms with Gasteiger partial charge in [0.15, 0.2) is 0 Å². The second kappa shape index (κ2) is 8.82. The third-order valence-corrected chi connectivity index (χ3v) is 0. The van der Waals surface area contributed by atoms with E-state index in [9.17, 15) is 0 Å². The monoisotopic (exact) mass is 90.0 g/mol. The summed E-state index contributed by atoms with van der Waals surface area (Å²) >= 11 is 0. The Labute approximate surface area is 67.3 Å². The fourth-order valence-electron chi connectivity index (χ4n) is 0. The van der Waals surface area contributed by atoms with Crippen LogP contribution in [0.3, 0.4) is 0 Å². The first kappa shape index (κ1) is 9.10. The Bertz CT molecular complexity index is 6.85. The number of hydrogen-bond donors (Lipinski definition) is 2. The van der Waals surface area contributed by atoms with Crippen LogP contribution in [0.2, 0.25) is 0 Å². The fraction of sp³-hybridized carbons (Fsp3) is 0. The molecule has 0 saturated carbocycles. The van der Waals surface area contributed by atoms with Crippen molar-refractivity contribution in [3.63, 3.8) is 0 Å². The second-order valence-corrected chi connectivity index (χ2v) is 0.0816. The largest absolute Gasteiger partial charge is 1.00 e. The summed E-state index contributed by atoms with van der Waals surface area (Å²) in [5, 5.41) is 15.5. The normalized spacial score (nSPS) is 4.50. The van der Waals surface area contributed by atoms with Crippen molar-refractivity contribution in [2.45, 2.75) is 0 Å². The Hall–Kier alpha value is 1.52. The summed E-state index contributed by atoms with van der Waals surface area (Å²) in [5.41, 5.74) is 0. The van der Waals surface area contributed by atoms with Crippen LogP contribution in [0.5, 0.6) is 0 Å². The zero-order valence-electron chi connectivity index (χ0n) is 3.30. The third-order valence-electron chi connectivity index (χ3n) is 0. The average Bonchev–Trinajstić information content (AvgIpc) is 0.918. The first-order valence-corrected chi connectivity index (χ1v) is 0.365. The van der Waals surface area contributed by atoms with Gasteiger partial charge in [0.25, 0.3) is 0 Å². The molecule has 0 aromatic carbocycles. The van der Waals surface area contributed by atoms with Gasteiger partial charge < -0.3 is 1.43 Å². The zero-order valence-corrected chi connectivity index (χ0v) is 5.43. The van der Waals surface area contributed by atoms with Crippen molar-refractivity contribution in [3.05, 3.63) is 0 Å². The maximum absolute atomic E-state index is 6.62. The van der Waals surface area contributed by atoms with Gasteiger partial charge in [0.05, 0.1) is 0 Å². The van der Waals surface area contributed by atoms with Crippen LogP contribution in [0, 0.1) is 0 Å². The third kappa shape index (κ3) is 9.68. The van der Waals surface area contributed by atoms with Crippen molar-refractivity contribution < 1.29 is 68.4 Å². The number of hydrogen-bond acceptors (Lipinski definition) is 3. The van der Waals surface area contributed by atoms with Crippen LogP contribution in [0.25, 0.3) is 0 Å². The molecule has 0 rings (SSSR count). The summed E-state index contributed by atoms with van der Waals surface area (Å²) in [6.45, 7) is 0. The van der Waals surface area contributed by atoms with Crippen molar-refractivity contribution in [2.75, 3.05) is 0 Å². The van der Waals surface area contributed by atoms with E-state index in [-0.39, 0.29) is 52.8 Å². The summed E-state index contributed by atoms with van der Waals surface area (Å²) < 4.78 is 0. The van der Waals surface area contributed by atoms with Gasteiger partial charge in [0.1, 0.15) is 0 Å². The van der Waals surface area contributed by atoms with E-state index in [1.165, 1.54) is 0 Å². The summed E-state index contributed by atoms with van der Waals surface area (Å²) in [7, 11) is 0. The van der Waals surface area contributed by atoms with Gasteiger partial charge in [-0.15, -0.1) is 0 Å².